The molecule has 0 aliphatic heterocycles. The summed E-state index contributed by atoms with van der Waals surface area (Å²) < 4.78 is 0. The van der Waals surface area contributed by atoms with Gasteiger partial charge in [0.05, 0.1) is 21.6 Å². The Morgan fingerprint density at radius 1 is 1.08 bits per heavy atom. The average molecular weight is 343 g/mol. The highest BCUT2D eigenvalue weighted by atomic mass is 35.5. The van der Waals surface area contributed by atoms with Crippen molar-refractivity contribution in [1.29, 1.82) is 0 Å². The molecule has 0 bridgehead atoms. The number of fused-ring (bicyclic) bond motifs is 1. The first-order valence-electron chi connectivity index (χ1n) is 7.41. The molecule has 0 saturated heterocycles. The van der Waals surface area contributed by atoms with Gasteiger partial charge in [0.25, 0.3) is 5.91 Å². The number of carbonyl (C=O) groups is 2. The van der Waals surface area contributed by atoms with Gasteiger partial charge in [-0.15, -0.1) is 0 Å². The van der Waals surface area contributed by atoms with Crippen molar-refractivity contribution >= 4 is 40.4 Å². The van der Waals surface area contributed by atoms with Gasteiger partial charge in [0.1, 0.15) is 0 Å². The minimum atomic E-state index is -0.308. The predicted molar refractivity (Wildman–Crippen MR) is 93.1 cm³/mol. The molecule has 3 N–H and O–H groups in total. The number of H-pyrrole nitrogens is 1. The molecule has 6 nitrogen and oxygen atoms in total. The number of nitrogens with one attached hydrogen (secondary N) is 3. The topological polar surface area (TPSA) is 86.9 Å². The number of amides is 2. The van der Waals surface area contributed by atoms with Crippen LogP contribution in [0.15, 0.2) is 48.5 Å². The van der Waals surface area contributed by atoms with E-state index in [2.05, 4.69) is 20.6 Å². The summed E-state index contributed by atoms with van der Waals surface area (Å²) in [6.45, 7) is 0.204. The summed E-state index contributed by atoms with van der Waals surface area (Å²) >= 11 is 5.95. The van der Waals surface area contributed by atoms with Gasteiger partial charge in [-0.2, -0.15) is 0 Å². The van der Waals surface area contributed by atoms with Crippen molar-refractivity contribution in [2.75, 3.05) is 11.9 Å². The van der Waals surface area contributed by atoms with Gasteiger partial charge in [-0.1, -0.05) is 35.9 Å². The second-order valence-electron chi connectivity index (χ2n) is 5.14. The lowest BCUT2D eigenvalue weighted by Crippen LogP contribution is -2.28. The molecule has 1 aromatic heterocycles. The Morgan fingerprint density at radius 2 is 1.83 bits per heavy atom. The van der Waals surface area contributed by atoms with Crippen molar-refractivity contribution in [2.24, 2.45) is 0 Å². The Kier molecular flexibility index (Phi) is 4.77. The third-order valence-corrected chi connectivity index (χ3v) is 3.73. The number of hydrogen-bond acceptors (Lipinski definition) is 3. The molecule has 122 valence electrons. The lowest BCUT2D eigenvalue weighted by molar-refractivity contribution is -0.116. The molecule has 3 aromatic rings. The van der Waals surface area contributed by atoms with Gasteiger partial charge in [0.15, 0.2) is 0 Å². The zero-order valence-electron chi connectivity index (χ0n) is 12.7. The Morgan fingerprint density at radius 3 is 2.62 bits per heavy atom. The average Bonchev–Trinajstić information content (AvgIpc) is 2.97. The second kappa shape index (κ2) is 7.14. The van der Waals surface area contributed by atoms with Crippen LogP contribution in [-0.4, -0.2) is 28.3 Å². The highest BCUT2D eigenvalue weighted by Crippen LogP contribution is 2.15. The number of benzene rings is 2. The van der Waals surface area contributed by atoms with E-state index < -0.39 is 0 Å². The number of aromatic amines is 1. The molecular weight excluding hydrogens is 328 g/mol. The van der Waals surface area contributed by atoms with Gasteiger partial charge in [-0.3, -0.25) is 14.9 Å². The SMILES string of the molecule is O=C(CCNC(=O)c1ccccc1Cl)Nc1nc2ccccc2[nH]1. The number of carbonyl (C=O) groups excluding carboxylic acids is 2. The fourth-order valence-corrected chi connectivity index (χ4v) is 2.46. The van der Waals surface area contributed by atoms with Crippen molar-refractivity contribution in [1.82, 2.24) is 15.3 Å². The van der Waals surface area contributed by atoms with Gasteiger partial charge in [-0.05, 0) is 24.3 Å². The number of anilines is 1. The van der Waals surface area contributed by atoms with Crippen molar-refractivity contribution in [3.63, 3.8) is 0 Å². The summed E-state index contributed by atoms with van der Waals surface area (Å²) in [7, 11) is 0. The first-order chi connectivity index (χ1) is 11.6. The second-order valence-corrected chi connectivity index (χ2v) is 5.54. The molecule has 24 heavy (non-hydrogen) atoms. The lowest BCUT2D eigenvalue weighted by atomic mass is 10.2. The monoisotopic (exact) mass is 342 g/mol. The van der Waals surface area contributed by atoms with E-state index in [1.54, 1.807) is 24.3 Å². The molecule has 2 aromatic carbocycles. The van der Waals surface area contributed by atoms with Crippen LogP contribution in [0.25, 0.3) is 11.0 Å². The van der Waals surface area contributed by atoms with Crippen LogP contribution in [0.4, 0.5) is 5.95 Å². The Balaban J connectivity index is 1.50. The fraction of sp³-hybridized carbons (Fsp3) is 0.118. The maximum absolute atomic E-state index is 12.0. The fourth-order valence-electron chi connectivity index (χ4n) is 2.24. The Labute approximate surface area is 143 Å². The number of halogens is 1. The van der Waals surface area contributed by atoms with Crippen molar-refractivity contribution in [2.45, 2.75) is 6.42 Å². The number of rotatable bonds is 5. The third kappa shape index (κ3) is 3.72. The number of hydrogen-bond donors (Lipinski definition) is 3. The Hall–Kier alpha value is -2.86. The maximum atomic E-state index is 12.0. The normalized spacial score (nSPS) is 10.5. The van der Waals surface area contributed by atoms with Crippen molar-refractivity contribution in [3.05, 3.63) is 59.1 Å². The molecule has 0 saturated carbocycles. The van der Waals surface area contributed by atoms with Crippen LogP contribution in [0.1, 0.15) is 16.8 Å². The largest absolute Gasteiger partial charge is 0.351 e. The van der Waals surface area contributed by atoms with Gasteiger partial charge >= 0.3 is 0 Å². The molecular formula is C17H15ClN4O2. The van der Waals surface area contributed by atoms with Gasteiger partial charge in [0, 0.05) is 13.0 Å². The standard InChI is InChI=1S/C17H15ClN4O2/c18-12-6-2-1-5-11(12)16(24)19-10-9-15(23)22-17-20-13-7-3-4-8-14(13)21-17/h1-8H,9-10H2,(H,19,24)(H2,20,21,22,23). The minimum Gasteiger partial charge on any atom is -0.351 e. The van der Waals surface area contributed by atoms with E-state index in [1.807, 2.05) is 24.3 Å². The molecule has 0 radical (unpaired) electrons. The highest BCUT2D eigenvalue weighted by Gasteiger charge is 2.10. The van der Waals surface area contributed by atoms with Crippen LogP contribution >= 0.6 is 11.6 Å². The van der Waals surface area contributed by atoms with Crippen LogP contribution in [0.5, 0.6) is 0 Å². The van der Waals surface area contributed by atoms with Gasteiger partial charge in [0.2, 0.25) is 11.9 Å². The third-order valence-electron chi connectivity index (χ3n) is 3.40. The zero-order chi connectivity index (χ0) is 16.9. The van der Waals surface area contributed by atoms with E-state index in [-0.39, 0.29) is 24.8 Å². The molecule has 0 aliphatic carbocycles. The van der Waals surface area contributed by atoms with E-state index in [1.165, 1.54) is 0 Å². The van der Waals surface area contributed by atoms with Crippen LogP contribution in [0.2, 0.25) is 5.02 Å². The lowest BCUT2D eigenvalue weighted by Gasteiger charge is -2.06. The molecule has 0 unspecified atom stereocenters. The summed E-state index contributed by atoms with van der Waals surface area (Å²) in [5, 5.41) is 5.72. The molecule has 1 heterocycles. The van der Waals surface area contributed by atoms with Crippen LogP contribution in [0.3, 0.4) is 0 Å². The van der Waals surface area contributed by atoms with E-state index in [4.69, 9.17) is 11.6 Å². The summed E-state index contributed by atoms with van der Waals surface area (Å²) in [6.07, 6.45) is 0.132. The van der Waals surface area contributed by atoms with Gasteiger partial charge < -0.3 is 10.3 Å². The molecule has 3 rings (SSSR count). The van der Waals surface area contributed by atoms with Crippen molar-refractivity contribution in [3.8, 4) is 0 Å². The van der Waals surface area contributed by atoms with E-state index in [0.29, 0.717) is 16.5 Å². The Bertz CT molecular complexity index is 858. The van der Waals surface area contributed by atoms with Gasteiger partial charge in [-0.25, -0.2) is 4.98 Å². The van der Waals surface area contributed by atoms with Crippen LogP contribution in [-0.2, 0) is 4.79 Å². The van der Waals surface area contributed by atoms with Crippen LogP contribution < -0.4 is 10.6 Å². The molecule has 0 aliphatic rings. The number of para-hydroxylation sites is 2. The quantitative estimate of drug-likeness (QED) is 0.666. The molecule has 7 heteroatoms. The number of imidazole rings is 1. The first-order valence-corrected chi connectivity index (χ1v) is 7.78. The highest BCUT2D eigenvalue weighted by molar-refractivity contribution is 6.33. The number of aromatic nitrogens is 2. The van der Waals surface area contributed by atoms with E-state index in [9.17, 15) is 9.59 Å². The summed E-state index contributed by atoms with van der Waals surface area (Å²) in [4.78, 5) is 31.2. The predicted octanol–water partition coefficient (Wildman–Crippen LogP) is 2.97. The van der Waals surface area contributed by atoms with E-state index in [0.717, 1.165) is 11.0 Å². The summed E-state index contributed by atoms with van der Waals surface area (Å²) in [5.74, 6) is -0.163. The maximum Gasteiger partial charge on any atom is 0.252 e. The van der Waals surface area contributed by atoms with Crippen LogP contribution in [0, 0.1) is 0 Å². The summed E-state index contributed by atoms with van der Waals surface area (Å²) in [5.41, 5.74) is 2.01. The molecule has 2 amide bonds. The number of nitrogens with zero attached hydrogens (tertiary/aromatic N) is 1. The molecule has 0 spiro atoms. The first kappa shape index (κ1) is 16.0. The van der Waals surface area contributed by atoms with E-state index >= 15 is 0 Å². The molecule has 0 atom stereocenters. The zero-order valence-corrected chi connectivity index (χ0v) is 13.4. The minimum absolute atomic E-state index is 0.132. The summed E-state index contributed by atoms with van der Waals surface area (Å²) in [6, 6.07) is 14.2. The molecule has 0 fully saturated rings. The smallest absolute Gasteiger partial charge is 0.252 e. The van der Waals surface area contributed by atoms with Crippen molar-refractivity contribution < 1.29 is 9.59 Å².